The lowest BCUT2D eigenvalue weighted by Crippen LogP contribution is -2.55. The van der Waals surface area contributed by atoms with Gasteiger partial charge in [0.25, 0.3) is 0 Å². The smallest absolute Gasteiger partial charge is 0.124 e. The molecule has 0 aliphatic carbocycles. The molecule has 1 aliphatic rings. The van der Waals surface area contributed by atoms with Crippen molar-refractivity contribution in [3.8, 4) is 5.75 Å². The molecule has 0 amide bonds. The molecule has 1 aliphatic heterocycles. The third kappa shape index (κ3) is 3.59. The lowest BCUT2D eigenvalue weighted by molar-refractivity contribution is 0.000284. The van der Waals surface area contributed by atoms with Crippen LogP contribution in [0.4, 0.5) is 0 Å². The maximum Gasteiger partial charge on any atom is 0.124 e. The van der Waals surface area contributed by atoms with Crippen molar-refractivity contribution in [3.05, 3.63) is 102 Å². The van der Waals surface area contributed by atoms with Gasteiger partial charge >= 0.3 is 0 Å². The summed E-state index contributed by atoms with van der Waals surface area (Å²) in [4.78, 5) is 2.49. The van der Waals surface area contributed by atoms with Crippen molar-refractivity contribution >= 4 is 0 Å². The number of benzene rings is 3. The van der Waals surface area contributed by atoms with Crippen molar-refractivity contribution in [2.24, 2.45) is 0 Å². The SMILES string of the molecule is Cc1ccc(OC2CN(C(c3ccccc3)c3ccccc3)C2)cc1. The van der Waals surface area contributed by atoms with Gasteiger partial charge in [-0.05, 0) is 30.2 Å². The van der Waals surface area contributed by atoms with E-state index in [0.717, 1.165) is 18.8 Å². The van der Waals surface area contributed by atoms with Crippen LogP contribution < -0.4 is 4.74 Å². The number of nitrogens with zero attached hydrogens (tertiary/aromatic N) is 1. The van der Waals surface area contributed by atoms with Gasteiger partial charge in [0.2, 0.25) is 0 Å². The average molecular weight is 329 g/mol. The van der Waals surface area contributed by atoms with Crippen molar-refractivity contribution < 1.29 is 4.74 Å². The van der Waals surface area contributed by atoms with Crippen LogP contribution in [0.5, 0.6) is 5.75 Å². The van der Waals surface area contributed by atoms with Gasteiger partial charge in [-0.1, -0.05) is 78.4 Å². The predicted molar refractivity (Wildman–Crippen MR) is 102 cm³/mol. The Balaban J connectivity index is 1.48. The zero-order valence-corrected chi connectivity index (χ0v) is 14.5. The highest BCUT2D eigenvalue weighted by Crippen LogP contribution is 2.33. The molecule has 0 saturated carbocycles. The Bertz CT molecular complexity index is 753. The van der Waals surface area contributed by atoms with Crippen molar-refractivity contribution in [1.82, 2.24) is 4.90 Å². The minimum absolute atomic E-state index is 0.262. The molecule has 0 radical (unpaired) electrons. The van der Waals surface area contributed by atoms with Crippen LogP contribution in [-0.4, -0.2) is 24.1 Å². The highest BCUT2D eigenvalue weighted by atomic mass is 16.5. The second-order valence-corrected chi connectivity index (χ2v) is 6.73. The number of aryl methyl sites for hydroxylation is 1. The highest BCUT2D eigenvalue weighted by Gasteiger charge is 2.35. The topological polar surface area (TPSA) is 12.5 Å². The van der Waals surface area contributed by atoms with Crippen molar-refractivity contribution in [2.75, 3.05) is 13.1 Å². The summed E-state index contributed by atoms with van der Waals surface area (Å²) in [6.45, 7) is 3.99. The van der Waals surface area contributed by atoms with Gasteiger partial charge in [0.05, 0.1) is 6.04 Å². The van der Waals surface area contributed by atoms with E-state index in [0.29, 0.717) is 6.04 Å². The Kier molecular flexibility index (Phi) is 4.53. The summed E-state index contributed by atoms with van der Waals surface area (Å²) in [7, 11) is 0. The number of ether oxygens (including phenoxy) is 1. The lowest BCUT2D eigenvalue weighted by Gasteiger charge is -2.44. The summed E-state index contributed by atoms with van der Waals surface area (Å²) >= 11 is 0. The van der Waals surface area contributed by atoms with Crippen LogP contribution in [0.15, 0.2) is 84.9 Å². The molecule has 3 aromatic rings. The maximum atomic E-state index is 6.12. The van der Waals surface area contributed by atoms with E-state index in [2.05, 4.69) is 96.8 Å². The molecule has 1 saturated heterocycles. The molecular weight excluding hydrogens is 306 g/mol. The maximum absolute atomic E-state index is 6.12. The minimum atomic E-state index is 0.262. The first-order chi connectivity index (χ1) is 12.3. The first kappa shape index (κ1) is 15.9. The minimum Gasteiger partial charge on any atom is -0.488 e. The second-order valence-electron chi connectivity index (χ2n) is 6.73. The van der Waals surface area contributed by atoms with E-state index in [1.165, 1.54) is 16.7 Å². The molecule has 3 aromatic carbocycles. The summed E-state index contributed by atoms with van der Waals surface area (Å²) < 4.78 is 6.12. The van der Waals surface area contributed by atoms with E-state index < -0.39 is 0 Å². The standard InChI is InChI=1S/C23H23NO/c1-18-12-14-21(15-13-18)25-22-16-24(17-22)23(19-8-4-2-5-9-19)20-10-6-3-7-11-20/h2-15,22-23H,16-17H2,1H3. The molecule has 4 rings (SSSR count). The molecule has 126 valence electrons. The van der Waals surface area contributed by atoms with Gasteiger partial charge in [-0.2, -0.15) is 0 Å². The third-order valence-electron chi connectivity index (χ3n) is 4.80. The molecule has 0 aromatic heterocycles. The summed E-state index contributed by atoms with van der Waals surface area (Å²) in [6.07, 6.45) is 0.262. The van der Waals surface area contributed by atoms with Crippen LogP contribution in [0.2, 0.25) is 0 Å². The summed E-state index contributed by atoms with van der Waals surface area (Å²) in [5.74, 6) is 0.964. The molecule has 0 N–H and O–H groups in total. The van der Waals surface area contributed by atoms with E-state index >= 15 is 0 Å². The number of hydrogen-bond donors (Lipinski definition) is 0. The van der Waals surface area contributed by atoms with Crippen LogP contribution in [0.1, 0.15) is 22.7 Å². The molecular formula is C23H23NO. The molecule has 1 heterocycles. The number of hydrogen-bond acceptors (Lipinski definition) is 2. The zero-order valence-electron chi connectivity index (χ0n) is 14.5. The van der Waals surface area contributed by atoms with Crippen LogP contribution >= 0.6 is 0 Å². The van der Waals surface area contributed by atoms with Crippen LogP contribution in [0.3, 0.4) is 0 Å². The Morgan fingerprint density at radius 3 is 1.80 bits per heavy atom. The zero-order chi connectivity index (χ0) is 17.1. The number of likely N-dealkylation sites (tertiary alicyclic amines) is 1. The fourth-order valence-corrected chi connectivity index (χ4v) is 3.45. The van der Waals surface area contributed by atoms with Gasteiger partial charge in [-0.15, -0.1) is 0 Å². The van der Waals surface area contributed by atoms with E-state index in [1.54, 1.807) is 0 Å². The van der Waals surface area contributed by atoms with E-state index in [-0.39, 0.29) is 6.10 Å². The Morgan fingerprint density at radius 2 is 1.28 bits per heavy atom. The largest absolute Gasteiger partial charge is 0.488 e. The van der Waals surface area contributed by atoms with Crippen molar-refractivity contribution in [1.29, 1.82) is 0 Å². The molecule has 25 heavy (non-hydrogen) atoms. The first-order valence-electron chi connectivity index (χ1n) is 8.87. The monoisotopic (exact) mass is 329 g/mol. The third-order valence-corrected chi connectivity index (χ3v) is 4.80. The molecule has 2 nitrogen and oxygen atoms in total. The lowest BCUT2D eigenvalue weighted by atomic mass is 9.94. The predicted octanol–water partition coefficient (Wildman–Crippen LogP) is 4.85. The van der Waals surface area contributed by atoms with E-state index in [1.807, 2.05) is 0 Å². The Hall–Kier alpha value is -2.58. The summed E-state index contributed by atoms with van der Waals surface area (Å²) in [5, 5.41) is 0. The van der Waals surface area contributed by atoms with Crippen LogP contribution in [0.25, 0.3) is 0 Å². The molecule has 0 bridgehead atoms. The molecule has 1 fully saturated rings. The summed E-state index contributed by atoms with van der Waals surface area (Å²) in [5.41, 5.74) is 3.93. The first-order valence-corrected chi connectivity index (χ1v) is 8.87. The highest BCUT2D eigenvalue weighted by molar-refractivity contribution is 5.33. The second kappa shape index (κ2) is 7.12. The van der Waals surface area contributed by atoms with Gasteiger partial charge in [0, 0.05) is 13.1 Å². The molecule has 0 atom stereocenters. The van der Waals surface area contributed by atoms with Gasteiger partial charge in [0.1, 0.15) is 11.9 Å². The van der Waals surface area contributed by atoms with Gasteiger partial charge in [-0.25, -0.2) is 0 Å². The summed E-state index contributed by atoms with van der Waals surface area (Å²) in [6, 6.07) is 30.1. The van der Waals surface area contributed by atoms with Crippen LogP contribution in [-0.2, 0) is 0 Å². The molecule has 0 unspecified atom stereocenters. The Morgan fingerprint density at radius 1 is 0.760 bits per heavy atom. The molecule has 0 spiro atoms. The Labute approximate surface area is 149 Å². The van der Waals surface area contributed by atoms with Crippen molar-refractivity contribution in [2.45, 2.75) is 19.1 Å². The normalized spacial score (nSPS) is 15.1. The van der Waals surface area contributed by atoms with E-state index in [9.17, 15) is 0 Å². The average Bonchev–Trinajstić information content (AvgIpc) is 2.63. The fraction of sp³-hybridized carbons (Fsp3) is 0.217. The molecule has 2 heteroatoms. The van der Waals surface area contributed by atoms with Crippen LogP contribution in [0, 0.1) is 6.92 Å². The van der Waals surface area contributed by atoms with E-state index in [4.69, 9.17) is 4.74 Å². The number of rotatable bonds is 5. The van der Waals surface area contributed by atoms with Gasteiger partial charge in [-0.3, -0.25) is 4.90 Å². The fourth-order valence-electron chi connectivity index (χ4n) is 3.45. The van der Waals surface area contributed by atoms with Crippen molar-refractivity contribution in [3.63, 3.8) is 0 Å². The van der Waals surface area contributed by atoms with Gasteiger partial charge in [0.15, 0.2) is 0 Å². The van der Waals surface area contributed by atoms with Gasteiger partial charge < -0.3 is 4.74 Å². The quantitative estimate of drug-likeness (QED) is 0.663.